The van der Waals surface area contributed by atoms with Crippen molar-refractivity contribution < 1.29 is 24.5 Å². The first kappa shape index (κ1) is 16.9. The molecule has 0 saturated heterocycles. The van der Waals surface area contributed by atoms with Gasteiger partial charge in [0, 0.05) is 20.1 Å². The summed E-state index contributed by atoms with van der Waals surface area (Å²) in [7, 11) is 1.50. The minimum atomic E-state index is -0.914. The topological polar surface area (TPSA) is 95.9 Å². The maximum absolute atomic E-state index is 11.6. The molecule has 0 bridgehead atoms. The Morgan fingerprint density at radius 2 is 1.94 bits per heavy atom. The van der Waals surface area contributed by atoms with Crippen LogP contribution in [0.3, 0.4) is 0 Å². The Morgan fingerprint density at radius 3 is 2.44 bits per heavy atom. The van der Waals surface area contributed by atoms with Crippen LogP contribution in [0.15, 0.2) is 0 Å². The van der Waals surface area contributed by atoms with E-state index in [0.717, 1.165) is 0 Å². The van der Waals surface area contributed by atoms with E-state index < -0.39 is 17.5 Å². The number of rotatable bonds is 9. The van der Waals surface area contributed by atoms with Crippen LogP contribution in [0.25, 0.3) is 0 Å². The molecule has 0 aromatic rings. The van der Waals surface area contributed by atoms with Crippen molar-refractivity contribution in [1.82, 2.24) is 5.32 Å². The zero-order valence-corrected chi connectivity index (χ0v) is 11.2. The highest BCUT2D eigenvalue weighted by atomic mass is 16.5. The first-order valence-corrected chi connectivity index (χ1v) is 5.92. The van der Waals surface area contributed by atoms with Crippen molar-refractivity contribution in [2.75, 3.05) is 20.3 Å². The molecule has 0 spiro atoms. The molecule has 0 aromatic carbocycles. The van der Waals surface area contributed by atoms with Crippen LogP contribution in [-0.2, 0) is 14.3 Å². The number of aliphatic carboxylic acids is 1. The van der Waals surface area contributed by atoms with Gasteiger partial charge in [0.15, 0.2) is 0 Å². The molecular formula is C12H23NO5. The van der Waals surface area contributed by atoms with Gasteiger partial charge in [-0.1, -0.05) is 13.8 Å². The second-order valence-corrected chi connectivity index (χ2v) is 5.16. The molecule has 18 heavy (non-hydrogen) atoms. The van der Waals surface area contributed by atoms with Gasteiger partial charge in [-0.15, -0.1) is 0 Å². The van der Waals surface area contributed by atoms with Crippen LogP contribution in [-0.4, -0.2) is 48.5 Å². The Hall–Kier alpha value is -1.14. The number of carboxylic acids is 1. The second-order valence-electron chi connectivity index (χ2n) is 5.16. The predicted octanol–water partition coefficient (Wildman–Crippen LogP) is 0.391. The molecule has 6 heteroatoms. The SMILES string of the molecule is COCC(O)CCNC(=O)CC(C)(C)CC(=O)O. The molecule has 1 unspecified atom stereocenters. The molecule has 0 fully saturated rings. The van der Waals surface area contributed by atoms with E-state index in [0.29, 0.717) is 13.0 Å². The number of hydrogen-bond donors (Lipinski definition) is 3. The first-order chi connectivity index (χ1) is 8.26. The molecule has 106 valence electrons. The molecule has 1 atom stereocenters. The minimum absolute atomic E-state index is 0.0489. The van der Waals surface area contributed by atoms with Crippen LogP contribution in [0.4, 0.5) is 0 Å². The van der Waals surface area contributed by atoms with Gasteiger partial charge in [0.1, 0.15) is 0 Å². The molecule has 0 radical (unpaired) electrons. The lowest BCUT2D eigenvalue weighted by Crippen LogP contribution is -2.32. The Labute approximate surface area is 107 Å². The summed E-state index contributed by atoms with van der Waals surface area (Å²) in [5, 5.41) is 20.7. The lowest BCUT2D eigenvalue weighted by molar-refractivity contribution is -0.139. The molecule has 0 aliphatic carbocycles. The summed E-state index contributed by atoms with van der Waals surface area (Å²) in [5.41, 5.74) is -0.568. The maximum atomic E-state index is 11.6. The quantitative estimate of drug-likeness (QED) is 0.558. The number of nitrogens with one attached hydrogen (secondary N) is 1. The fourth-order valence-electron chi connectivity index (χ4n) is 1.62. The first-order valence-electron chi connectivity index (χ1n) is 5.92. The molecule has 0 aliphatic rings. The summed E-state index contributed by atoms with van der Waals surface area (Å²) in [6.45, 7) is 4.06. The lowest BCUT2D eigenvalue weighted by atomic mass is 9.85. The fourth-order valence-corrected chi connectivity index (χ4v) is 1.62. The summed E-state index contributed by atoms with van der Waals surface area (Å²) in [6.07, 6.45) is -0.0759. The van der Waals surface area contributed by atoms with Crippen LogP contribution < -0.4 is 5.32 Å². The van der Waals surface area contributed by atoms with E-state index in [-0.39, 0.29) is 25.4 Å². The molecule has 0 rings (SSSR count). The third-order valence-electron chi connectivity index (χ3n) is 2.43. The Morgan fingerprint density at radius 1 is 1.33 bits per heavy atom. The summed E-state index contributed by atoms with van der Waals surface area (Å²) in [4.78, 5) is 22.2. The van der Waals surface area contributed by atoms with Gasteiger partial charge in [-0.05, 0) is 11.8 Å². The molecule has 0 saturated carbocycles. The number of methoxy groups -OCH3 is 1. The van der Waals surface area contributed by atoms with Crippen LogP contribution in [0.1, 0.15) is 33.1 Å². The van der Waals surface area contributed by atoms with Gasteiger partial charge >= 0.3 is 5.97 Å². The highest BCUT2D eigenvalue weighted by Gasteiger charge is 2.25. The predicted molar refractivity (Wildman–Crippen MR) is 66.2 cm³/mol. The van der Waals surface area contributed by atoms with Crippen LogP contribution in [0.2, 0.25) is 0 Å². The lowest BCUT2D eigenvalue weighted by Gasteiger charge is -2.21. The third kappa shape index (κ3) is 8.95. The normalized spacial score (nSPS) is 13.1. The van der Waals surface area contributed by atoms with Gasteiger partial charge in [0.05, 0.1) is 19.1 Å². The van der Waals surface area contributed by atoms with Crippen molar-refractivity contribution in [2.24, 2.45) is 5.41 Å². The zero-order valence-electron chi connectivity index (χ0n) is 11.2. The van der Waals surface area contributed by atoms with Crippen LogP contribution in [0, 0.1) is 5.41 Å². The summed E-state index contributed by atoms with van der Waals surface area (Å²) in [5.74, 6) is -1.12. The highest BCUT2D eigenvalue weighted by molar-refractivity contribution is 5.77. The number of aliphatic hydroxyl groups is 1. The van der Waals surface area contributed by atoms with Gasteiger partial charge in [0.2, 0.25) is 5.91 Å². The number of carbonyl (C=O) groups is 2. The van der Waals surface area contributed by atoms with Gasteiger partial charge in [-0.2, -0.15) is 0 Å². The van der Waals surface area contributed by atoms with E-state index in [1.807, 2.05) is 0 Å². The number of ether oxygens (including phenoxy) is 1. The average Bonchev–Trinajstić information content (AvgIpc) is 2.14. The number of carbonyl (C=O) groups excluding carboxylic acids is 1. The van der Waals surface area contributed by atoms with Gasteiger partial charge in [0.25, 0.3) is 0 Å². The smallest absolute Gasteiger partial charge is 0.303 e. The Kier molecular flexibility index (Phi) is 7.54. The van der Waals surface area contributed by atoms with Crippen molar-refractivity contribution in [3.63, 3.8) is 0 Å². The van der Waals surface area contributed by atoms with Crippen molar-refractivity contribution in [3.8, 4) is 0 Å². The van der Waals surface area contributed by atoms with E-state index in [1.54, 1.807) is 13.8 Å². The third-order valence-corrected chi connectivity index (χ3v) is 2.43. The Balaban J connectivity index is 3.86. The van der Waals surface area contributed by atoms with Crippen LogP contribution >= 0.6 is 0 Å². The number of aliphatic hydroxyl groups excluding tert-OH is 1. The van der Waals surface area contributed by atoms with Crippen molar-refractivity contribution in [1.29, 1.82) is 0 Å². The molecule has 0 aliphatic heterocycles. The molecule has 6 nitrogen and oxygen atoms in total. The summed E-state index contributed by atoms with van der Waals surface area (Å²) in [6, 6.07) is 0. The van der Waals surface area contributed by atoms with Crippen molar-refractivity contribution in [2.45, 2.75) is 39.2 Å². The maximum Gasteiger partial charge on any atom is 0.303 e. The minimum Gasteiger partial charge on any atom is -0.481 e. The van der Waals surface area contributed by atoms with Gasteiger partial charge in [-0.3, -0.25) is 9.59 Å². The number of hydrogen-bond acceptors (Lipinski definition) is 4. The van der Waals surface area contributed by atoms with Gasteiger partial charge in [-0.25, -0.2) is 0 Å². The molecule has 1 amide bonds. The molecular weight excluding hydrogens is 238 g/mol. The Bertz CT molecular complexity index is 278. The van der Waals surface area contributed by atoms with E-state index >= 15 is 0 Å². The zero-order chi connectivity index (χ0) is 14.2. The number of carboxylic acid groups (broad SMARTS) is 1. The molecule has 0 heterocycles. The average molecular weight is 261 g/mol. The second kappa shape index (κ2) is 8.05. The van der Waals surface area contributed by atoms with Gasteiger partial charge < -0.3 is 20.3 Å². The highest BCUT2D eigenvalue weighted by Crippen LogP contribution is 2.24. The monoisotopic (exact) mass is 261 g/mol. The fraction of sp³-hybridized carbons (Fsp3) is 0.833. The standard InChI is InChI=1S/C12H23NO5/c1-12(2,7-11(16)17)6-10(15)13-5-4-9(14)8-18-3/h9,14H,4-8H2,1-3H3,(H,13,15)(H,16,17). The largest absolute Gasteiger partial charge is 0.481 e. The van der Waals surface area contributed by atoms with Crippen molar-refractivity contribution >= 4 is 11.9 Å². The van der Waals surface area contributed by atoms with Crippen molar-refractivity contribution in [3.05, 3.63) is 0 Å². The number of amides is 1. The van der Waals surface area contributed by atoms with E-state index in [4.69, 9.17) is 9.84 Å². The summed E-state index contributed by atoms with van der Waals surface area (Å²) >= 11 is 0. The van der Waals surface area contributed by atoms with E-state index in [1.165, 1.54) is 7.11 Å². The molecule has 3 N–H and O–H groups in total. The van der Waals surface area contributed by atoms with Crippen LogP contribution in [0.5, 0.6) is 0 Å². The molecule has 0 aromatic heterocycles. The summed E-state index contributed by atoms with van der Waals surface area (Å²) < 4.78 is 4.76. The van der Waals surface area contributed by atoms with E-state index in [2.05, 4.69) is 5.32 Å². The van der Waals surface area contributed by atoms with E-state index in [9.17, 15) is 14.7 Å².